The van der Waals surface area contributed by atoms with E-state index in [9.17, 15) is 14.7 Å². The molecule has 1 aliphatic rings. The standard InChI is InChI=1S/C19H19NO3S/c1-24-17-10-6-5-9-14(17)18(21)20-11-15(16(12-20)19(22)23)13-7-3-2-4-8-13/h2-10,15-16H,11-12H2,1H3,(H,22,23). The quantitative estimate of drug-likeness (QED) is 0.867. The molecule has 2 unspecified atom stereocenters. The number of carbonyl (C=O) groups is 2. The van der Waals surface area contributed by atoms with E-state index < -0.39 is 11.9 Å². The van der Waals surface area contributed by atoms with Gasteiger partial charge in [0.25, 0.3) is 5.91 Å². The van der Waals surface area contributed by atoms with Crippen molar-refractivity contribution in [3.8, 4) is 0 Å². The Hall–Kier alpha value is -2.27. The lowest BCUT2D eigenvalue weighted by molar-refractivity contribution is -0.141. The zero-order valence-electron chi connectivity index (χ0n) is 13.4. The molecule has 3 rings (SSSR count). The molecule has 124 valence electrons. The first kappa shape index (κ1) is 16.6. The molecule has 1 fully saturated rings. The maximum Gasteiger partial charge on any atom is 0.308 e. The van der Waals surface area contributed by atoms with E-state index in [4.69, 9.17) is 0 Å². The van der Waals surface area contributed by atoms with Crippen LogP contribution in [0, 0.1) is 5.92 Å². The molecular weight excluding hydrogens is 322 g/mol. The van der Waals surface area contributed by atoms with Crippen molar-refractivity contribution in [1.29, 1.82) is 0 Å². The van der Waals surface area contributed by atoms with Gasteiger partial charge in [-0.25, -0.2) is 0 Å². The summed E-state index contributed by atoms with van der Waals surface area (Å²) in [7, 11) is 0. The molecule has 2 atom stereocenters. The zero-order chi connectivity index (χ0) is 17.1. The topological polar surface area (TPSA) is 57.6 Å². The number of thioether (sulfide) groups is 1. The van der Waals surface area contributed by atoms with Crippen LogP contribution in [0.3, 0.4) is 0 Å². The number of nitrogens with zero attached hydrogens (tertiary/aromatic N) is 1. The van der Waals surface area contributed by atoms with E-state index in [1.165, 1.54) is 11.8 Å². The van der Waals surface area contributed by atoms with Gasteiger partial charge in [-0.2, -0.15) is 0 Å². The maximum atomic E-state index is 12.9. The van der Waals surface area contributed by atoms with Gasteiger partial charge >= 0.3 is 5.97 Å². The van der Waals surface area contributed by atoms with Crippen molar-refractivity contribution in [3.05, 3.63) is 65.7 Å². The number of likely N-dealkylation sites (tertiary alicyclic amines) is 1. The van der Waals surface area contributed by atoms with Crippen LogP contribution in [0.25, 0.3) is 0 Å². The van der Waals surface area contributed by atoms with E-state index in [1.54, 1.807) is 11.0 Å². The zero-order valence-corrected chi connectivity index (χ0v) is 14.2. The lowest BCUT2D eigenvalue weighted by Crippen LogP contribution is -2.30. The van der Waals surface area contributed by atoms with Gasteiger partial charge in [-0.1, -0.05) is 42.5 Å². The smallest absolute Gasteiger partial charge is 0.308 e. The SMILES string of the molecule is CSc1ccccc1C(=O)N1CC(C(=O)O)C(c2ccccc2)C1. The van der Waals surface area contributed by atoms with Gasteiger partial charge in [0.1, 0.15) is 0 Å². The highest BCUT2D eigenvalue weighted by Crippen LogP contribution is 2.34. The van der Waals surface area contributed by atoms with Crippen LogP contribution in [-0.4, -0.2) is 41.2 Å². The number of carboxylic acid groups (broad SMARTS) is 1. The first-order valence-corrected chi connectivity index (χ1v) is 9.04. The maximum absolute atomic E-state index is 12.9. The molecule has 4 nitrogen and oxygen atoms in total. The number of carboxylic acids is 1. The predicted octanol–water partition coefficient (Wildman–Crippen LogP) is 3.35. The van der Waals surface area contributed by atoms with E-state index in [0.717, 1.165) is 10.5 Å². The second kappa shape index (κ2) is 7.09. The molecule has 1 aliphatic heterocycles. The highest BCUT2D eigenvalue weighted by atomic mass is 32.2. The molecule has 0 spiro atoms. The van der Waals surface area contributed by atoms with Crippen LogP contribution in [0.1, 0.15) is 21.8 Å². The molecule has 0 radical (unpaired) electrons. The summed E-state index contributed by atoms with van der Waals surface area (Å²) >= 11 is 1.52. The normalized spacial score (nSPS) is 20.1. The lowest BCUT2D eigenvalue weighted by Gasteiger charge is -2.18. The van der Waals surface area contributed by atoms with Gasteiger partial charge in [-0.05, 0) is 24.0 Å². The van der Waals surface area contributed by atoms with Gasteiger partial charge in [0.15, 0.2) is 0 Å². The summed E-state index contributed by atoms with van der Waals surface area (Å²) in [4.78, 5) is 27.1. The fraction of sp³-hybridized carbons (Fsp3) is 0.263. The molecule has 2 aromatic rings. The summed E-state index contributed by atoms with van der Waals surface area (Å²) < 4.78 is 0. The number of carbonyl (C=O) groups excluding carboxylic acids is 1. The van der Waals surface area contributed by atoms with E-state index in [0.29, 0.717) is 12.1 Å². The summed E-state index contributed by atoms with van der Waals surface area (Å²) in [5.41, 5.74) is 1.61. The van der Waals surface area contributed by atoms with Crippen molar-refractivity contribution in [2.24, 2.45) is 5.92 Å². The molecule has 0 aliphatic carbocycles. The number of rotatable bonds is 4. The van der Waals surface area contributed by atoms with Gasteiger partial charge in [0.2, 0.25) is 0 Å². The second-order valence-electron chi connectivity index (χ2n) is 5.87. The molecule has 24 heavy (non-hydrogen) atoms. The molecular formula is C19H19NO3S. The minimum Gasteiger partial charge on any atom is -0.481 e. The van der Waals surface area contributed by atoms with Crippen LogP contribution in [0.15, 0.2) is 59.5 Å². The van der Waals surface area contributed by atoms with Crippen LogP contribution in [0.5, 0.6) is 0 Å². The molecule has 1 heterocycles. The van der Waals surface area contributed by atoms with Gasteiger partial charge in [0.05, 0.1) is 11.5 Å². The molecule has 5 heteroatoms. The average molecular weight is 341 g/mol. The van der Waals surface area contributed by atoms with E-state index in [1.807, 2.05) is 54.8 Å². The number of amides is 1. The molecule has 0 bridgehead atoms. The van der Waals surface area contributed by atoms with Gasteiger partial charge < -0.3 is 10.0 Å². The Morgan fingerprint density at radius 1 is 1.04 bits per heavy atom. The number of aliphatic carboxylic acids is 1. The number of hydrogen-bond acceptors (Lipinski definition) is 3. The fourth-order valence-electron chi connectivity index (χ4n) is 3.25. The predicted molar refractivity (Wildman–Crippen MR) is 94.4 cm³/mol. The van der Waals surface area contributed by atoms with Crippen LogP contribution in [-0.2, 0) is 4.79 Å². The van der Waals surface area contributed by atoms with Crippen LogP contribution in [0.4, 0.5) is 0 Å². The third kappa shape index (κ3) is 3.17. The molecule has 1 amide bonds. The van der Waals surface area contributed by atoms with E-state index in [-0.39, 0.29) is 18.4 Å². The molecule has 2 aromatic carbocycles. The van der Waals surface area contributed by atoms with Crippen molar-refractivity contribution in [2.75, 3.05) is 19.3 Å². The van der Waals surface area contributed by atoms with Crippen molar-refractivity contribution < 1.29 is 14.7 Å². The Bertz CT molecular complexity index is 747. The third-order valence-electron chi connectivity index (χ3n) is 4.49. The van der Waals surface area contributed by atoms with Crippen LogP contribution < -0.4 is 0 Å². The lowest BCUT2D eigenvalue weighted by atomic mass is 9.89. The molecule has 0 saturated carbocycles. The Labute approximate surface area is 145 Å². The summed E-state index contributed by atoms with van der Waals surface area (Å²) in [5, 5.41) is 9.57. The van der Waals surface area contributed by atoms with Gasteiger partial charge in [-0.15, -0.1) is 11.8 Å². The highest BCUT2D eigenvalue weighted by molar-refractivity contribution is 7.98. The molecule has 1 N–H and O–H groups in total. The molecule has 1 saturated heterocycles. The summed E-state index contributed by atoms with van der Waals surface area (Å²) in [6.45, 7) is 0.680. The Morgan fingerprint density at radius 3 is 2.38 bits per heavy atom. The summed E-state index contributed by atoms with van der Waals surface area (Å²) in [5.74, 6) is -1.69. The van der Waals surface area contributed by atoms with Crippen molar-refractivity contribution in [1.82, 2.24) is 4.90 Å². The summed E-state index contributed by atoms with van der Waals surface area (Å²) in [6.07, 6.45) is 1.93. The Morgan fingerprint density at radius 2 is 1.71 bits per heavy atom. The minimum atomic E-state index is -0.850. The van der Waals surface area contributed by atoms with Gasteiger partial charge in [-0.3, -0.25) is 9.59 Å². The van der Waals surface area contributed by atoms with Crippen molar-refractivity contribution in [2.45, 2.75) is 10.8 Å². The first-order valence-electron chi connectivity index (χ1n) is 7.82. The monoisotopic (exact) mass is 341 g/mol. The third-order valence-corrected chi connectivity index (χ3v) is 5.29. The minimum absolute atomic E-state index is 0.0929. The highest BCUT2D eigenvalue weighted by Gasteiger charge is 2.40. The van der Waals surface area contributed by atoms with Crippen LogP contribution in [0.2, 0.25) is 0 Å². The Balaban J connectivity index is 1.88. The largest absolute Gasteiger partial charge is 0.481 e. The fourth-order valence-corrected chi connectivity index (χ4v) is 3.84. The Kier molecular flexibility index (Phi) is 4.90. The van der Waals surface area contributed by atoms with Gasteiger partial charge in [0, 0.05) is 23.9 Å². The second-order valence-corrected chi connectivity index (χ2v) is 6.72. The van der Waals surface area contributed by atoms with E-state index in [2.05, 4.69) is 0 Å². The number of benzene rings is 2. The van der Waals surface area contributed by atoms with E-state index >= 15 is 0 Å². The number of hydrogen-bond donors (Lipinski definition) is 1. The van der Waals surface area contributed by atoms with Crippen molar-refractivity contribution >= 4 is 23.6 Å². The first-order chi connectivity index (χ1) is 11.6. The van der Waals surface area contributed by atoms with Crippen molar-refractivity contribution in [3.63, 3.8) is 0 Å². The average Bonchev–Trinajstić information content (AvgIpc) is 3.07. The molecule has 0 aromatic heterocycles. The van der Waals surface area contributed by atoms with Crippen LogP contribution >= 0.6 is 11.8 Å². The summed E-state index contributed by atoms with van der Waals surface area (Å²) in [6, 6.07) is 17.0.